The Morgan fingerprint density at radius 2 is 1.59 bits per heavy atom. The van der Waals surface area contributed by atoms with Crippen molar-refractivity contribution >= 4 is 27.8 Å². The number of pyridine rings is 1. The molecule has 6 rings (SSSR count). The van der Waals surface area contributed by atoms with Gasteiger partial charge in [0, 0.05) is 30.5 Å². The average molecular weight is 425 g/mol. The highest BCUT2D eigenvalue weighted by Gasteiger charge is 2.18. The van der Waals surface area contributed by atoms with Crippen LogP contribution in [0.3, 0.4) is 0 Å². The lowest BCUT2D eigenvalue weighted by Gasteiger charge is -2.31. The van der Waals surface area contributed by atoms with E-state index in [1.54, 1.807) is 0 Å². The van der Waals surface area contributed by atoms with E-state index in [2.05, 4.69) is 49.1 Å². The summed E-state index contributed by atoms with van der Waals surface area (Å²) in [5.74, 6) is 1.59. The van der Waals surface area contributed by atoms with Crippen LogP contribution >= 0.6 is 0 Å². The molecule has 3 aromatic heterocycles. The molecule has 32 heavy (non-hydrogen) atoms. The Hall–Kier alpha value is -3.71. The lowest BCUT2D eigenvalue weighted by atomic mass is 10.1. The third-order valence-electron chi connectivity index (χ3n) is 6.20. The molecule has 0 spiro atoms. The van der Waals surface area contributed by atoms with E-state index in [0.717, 1.165) is 76.5 Å². The summed E-state index contributed by atoms with van der Waals surface area (Å²) in [6.45, 7) is 3.78. The van der Waals surface area contributed by atoms with Gasteiger partial charge in [-0.25, -0.2) is 9.97 Å². The molecule has 0 aliphatic carbocycles. The fourth-order valence-electron chi connectivity index (χ4n) is 4.34. The number of benzene rings is 2. The van der Waals surface area contributed by atoms with Crippen molar-refractivity contribution < 1.29 is 5.11 Å². The summed E-state index contributed by atoms with van der Waals surface area (Å²) in [4.78, 5) is 23.2. The largest absolute Gasteiger partial charge is 0.393 e. The molecule has 1 saturated heterocycles. The van der Waals surface area contributed by atoms with Crippen LogP contribution in [0, 0.1) is 6.92 Å². The highest BCUT2D eigenvalue weighted by Crippen LogP contribution is 2.28. The summed E-state index contributed by atoms with van der Waals surface area (Å²) in [5, 5.41) is 9.77. The second kappa shape index (κ2) is 7.46. The SMILES string of the molecule is Cc1ccc(-c2nc3ccc(-c4nc5ccc(N6CCC(O)CC6)cc5[nH]4)cc3[nH]2)nc1. The summed E-state index contributed by atoms with van der Waals surface area (Å²) in [7, 11) is 0. The van der Waals surface area contributed by atoms with Crippen LogP contribution < -0.4 is 4.90 Å². The Morgan fingerprint density at radius 1 is 0.875 bits per heavy atom. The van der Waals surface area contributed by atoms with Gasteiger partial charge >= 0.3 is 0 Å². The molecule has 5 aromatic rings. The number of hydrogen-bond acceptors (Lipinski definition) is 5. The van der Waals surface area contributed by atoms with Gasteiger partial charge in [0.15, 0.2) is 5.82 Å². The van der Waals surface area contributed by atoms with E-state index in [9.17, 15) is 5.11 Å². The van der Waals surface area contributed by atoms with Crippen LogP contribution in [0.2, 0.25) is 0 Å². The molecule has 0 amide bonds. The molecule has 160 valence electrons. The van der Waals surface area contributed by atoms with Crippen molar-refractivity contribution in [2.24, 2.45) is 0 Å². The maximum Gasteiger partial charge on any atom is 0.157 e. The zero-order valence-electron chi connectivity index (χ0n) is 17.8. The molecular formula is C25H24N6O. The topological polar surface area (TPSA) is 93.7 Å². The lowest BCUT2D eigenvalue weighted by molar-refractivity contribution is 0.145. The number of rotatable bonds is 3. The van der Waals surface area contributed by atoms with Crippen LogP contribution in [-0.2, 0) is 0 Å². The number of hydrogen-bond donors (Lipinski definition) is 3. The van der Waals surface area contributed by atoms with Crippen molar-refractivity contribution in [1.82, 2.24) is 24.9 Å². The number of H-pyrrole nitrogens is 2. The minimum atomic E-state index is -0.173. The Balaban J connectivity index is 1.32. The van der Waals surface area contributed by atoms with Gasteiger partial charge in [-0.3, -0.25) is 4.98 Å². The van der Waals surface area contributed by atoms with Crippen molar-refractivity contribution in [3.8, 4) is 22.9 Å². The number of imidazole rings is 2. The fraction of sp³-hybridized carbons (Fsp3) is 0.240. The number of fused-ring (bicyclic) bond motifs is 2. The Morgan fingerprint density at radius 3 is 2.38 bits per heavy atom. The third kappa shape index (κ3) is 3.40. The standard InChI is InChI=1S/C25H24N6O/c1-15-2-5-21(26-14-15)25-28-19-6-3-16(12-22(19)30-25)24-27-20-7-4-17(13-23(20)29-24)31-10-8-18(32)9-11-31/h2-7,12-14,18,32H,8-11H2,1H3,(H,27,29)(H,28,30). The Bertz CT molecular complexity index is 1410. The average Bonchev–Trinajstić information content (AvgIpc) is 3.43. The number of nitrogens with one attached hydrogen (secondary N) is 2. The first kappa shape index (κ1) is 19.0. The first-order chi connectivity index (χ1) is 15.6. The first-order valence-electron chi connectivity index (χ1n) is 11.0. The second-order valence-corrected chi connectivity index (χ2v) is 8.54. The van der Waals surface area contributed by atoms with E-state index in [1.165, 1.54) is 5.69 Å². The quantitative estimate of drug-likeness (QED) is 0.398. The van der Waals surface area contributed by atoms with Crippen molar-refractivity contribution in [3.63, 3.8) is 0 Å². The van der Waals surface area contributed by atoms with Crippen LogP contribution in [0.1, 0.15) is 18.4 Å². The summed E-state index contributed by atoms with van der Waals surface area (Å²) >= 11 is 0. The van der Waals surface area contributed by atoms with Gasteiger partial charge in [0.25, 0.3) is 0 Å². The van der Waals surface area contributed by atoms with Crippen molar-refractivity contribution in [2.75, 3.05) is 18.0 Å². The summed E-state index contributed by atoms with van der Waals surface area (Å²) in [6.07, 6.45) is 3.31. The summed E-state index contributed by atoms with van der Waals surface area (Å²) < 4.78 is 0. The minimum Gasteiger partial charge on any atom is -0.393 e. The van der Waals surface area contributed by atoms with Crippen LogP contribution in [0.15, 0.2) is 54.7 Å². The number of anilines is 1. The number of nitrogens with zero attached hydrogens (tertiary/aromatic N) is 4. The van der Waals surface area contributed by atoms with E-state index < -0.39 is 0 Å². The third-order valence-corrected chi connectivity index (χ3v) is 6.20. The first-order valence-corrected chi connectivity index (χ1v) is 11.0. The molecule has 7 nitrogen and oxygen atoms in total. The summed E-state index contributed by atoms with van der Waals surface area (Å²) in [6, 6.07) is 16.5. The molecule has 0 unspecified atom stereocenters. The molecular weight excluding hydrogens is 400 g/mol. The van der Waals surface area contributed by atoms with Crippen LogP contribution in [-0.4, -0.2) is 49.2 Å². The molecule has 1 aliphatic rings. The molecule has 1 fully saturated rings. The van der Waals surface area contributed by atoms with E-state index in [-0.39, 0.29) is 6.10 Å². The number of aryl methyl sites for hydroxylation is 1. The van der Waals surface area contributed by atoms with Crippen molar-refractivity contribution in [1.29, 1.82) is 0 Å². The van der Waals surface area contributed by atoms with E-state index in [0.29, 0.717) is 0 Å². The van der Waals surface area contributed by atoms with Crippen molar-refractivity contribution in [3.05, 3.63) is 60.3 Å². The van der Waals surface area contributed by atoms with E-state index >= 15 is 0 Å². The van der Waals surface area contributed by atoms with Crippen LogP contribution in [0.5, 0.6) is 0 Å². The predicted octanol–water partition coefficient (Wildman–Crippen LogP) is 4.44. The number of aromatic nitrogens is 5. The zero-order chi connectivity index (χ0) is 21.7. The second-order valence-electron chi connectivity index (χ2n) is 8.54. The predicted molar refractivity (Wildman–Crippen MR) is 127 cm³/mol. The van der Waals surface area contributed by atoms with Gasteiger partial charge in [0.05, 0.1) is 28.2 Å². The van der Waals surface area contributed by atoms with E-state index in [1.807, 2.05) is 37.4 Å². The van der Waals surface area contributed by atoms with E-state index in [4.69, 9.17) is 4.98 Å². The fourth-order valence-corrected chi connectivity index (χ4v) is 4.34. The number of piperidine rings is 1. The number of aliphatic hydroxyl groups is 1. The Labute approximate surface area is 185 Å². The molecule has 1 aliphatic heterocycles. The monoisotopic (exact) mass is 424 g/mol. The number of aliphatic hydroxyl groups excluding tert-OH is 1. The molecule has 3 N–H and O–H groups in total. The molecule has 0 bridgehead atoms. The molecule has 4 heterocycles. The maximum atomic E-state index is 9.77. The minimum absolute atomic E-state index is 0.173. The smallest absolute Gasteiger partial charge is 0.157 e. The van der Waals surface area contributed by atoms with Gasteiger partial charge in [-0.15, -0.1) is 0 Å². The lowest BCUT2D eigenvalue weighted by Crippen LogP contribution is -2.35. The number of aromatic amines is 2. The normalized spacial score (nSPS) is 15.1. The highest BCUT2D eigenvalue weighted by atomic mass is 16.3. The maximum absolute atomic E-state index is 9.77. The summed E-state index contributed by atoms with van der Waals surface area (Å²) in [5.41, 5.74) is 7.92. The molecule has 2 aromatic carbocycles. The zero-order valence-corrected chi connectivity index (χ0v) is 17.8. The van der Waals surface area contributed by atoms with Gasteiger partial charge in [-0.1, -0.05) is 6.07 Å². The van der Waals surface area contributed by atoms with Gasteiger partial charge < -0.3 is 20.0 Å². The molecule has 0 atom stereocenters. The van der Waals surface area contributed by atoms with Gasteiger partial charge in [-0.05, 0) is 67.8 Å². The van der Waals surface area contributed by atoms with Gasteiger partial charge in [0.1, 0.15) is 11.5 Å². The Kier molecular flexibility index (Phi) is 4.43. The van der Waals surface area contributed by atoms with Gasteiger partial charge in [-0.2, -0.15) is 0 Å². The molecule has 7 heteroatoms. The molecule has 0 saturated carbocycles. The van der Waals surface area contributed by atoms with Crippen LogP contribution in [0.25, 0.3) is 45.0 Å². The van der Waals surface area contributed by atoms with Crippen LogP contribution in [0.4, 0.5) is 5.69 Å². The van der Waals surface area contributed by atoms with Gasteiger partial charge in [0.2, 0.25) is 0 Å². The molecule has 0 radical (unpaired) electrons. The van der Waals surface area contributed by atoms with Crippen molar-refractivity contribution in [2.45, 2.75) is 25.9 Å². The highest BCUT2D eigenvalue weighted by molar-refractivity contribution is 5.86.